The summed E-state index contributed by atoms with van der Waals surface area (Å²) in [5.74, 6) is 0.744. The number of rotatable bonds is 1. The van der Waals surface area contributed by atoms with E-state index in [0.29, 0.717) is 11.7 Å². The summed E-state index contributed by atoms with van der Waals surface area (Å²) >= 11 is 9.70. The summed E-state index contributed by atoms with van der Waals surface area (Å²) in [6, 6.07) is 9.98. The molecule has 1 aromatic carbocycles. The maximum absolute atomic E-state index is 6.14. The van der Waals surface area contributed by atoms with E-state index in [0.717, 1.165) is 17.1 Å². The van der Waals surface area contributed by atoms with Crippen molar-refractivity contribution in [1.29, 1.82) is 0 Å². The first-order valence-corrected chi connectivity index (χ1v) is 6.54. The van der Waals surface area contributed by atoms with Gasteiger partial charge in [0.25, 0.3) is 0 Å². The molecule has 0 saturated carbocycles. The van der Waals surface area contributed by atoms with Crippen LogP contribution in [0.15, 0.2) is 46.5 Å². The maximum atomic E-state index is 6.14. The lowest BCUT2D eigenvalue weighted by atomic mass is 10.1. The molecular weight excluding hydrogens is 302 g/mol. The average Bonchev–Trinajstić information content (AvgIpc) is 2.73. The molecule has 3 rings (SSSR count). The molecule has 2 aliphatic heterocycles. The number of hydrogen-bond acceptors (Lipinski definition) is 3. The fourth-order valence-corrected chi connectivity index (χ4v) is 2.55. The van der Waals surface area contributed by atoms with Gasteiger partial charge in [-0.2, -0.15) is 0 Å². The van der Waals surface area contributed by atoms with Crippen molar-refractivity contribution in [1.82, 2.24) is 4.90 Å². The van der Waals surface area contributed by atoms with Crippen molar-refractivity contribution in [2.24, 2.45) is 9.98 Å². The van der Waals surface area contributed by atoms with Gasteiger partial charge in [-0.05, 0) is 0 Å². The molecule has 5 heteroatoms. The van der Waals surface area contributed by atoms with E-state index in [1.807, 2.05) is 41.4 Å². The first kappa shape index (κ1) is 11.0. The van der Waals surface area contributed by atoms with Crippen LogP contribution in [0, 0.1) is 0 Å². The van der Waals surface area contributed by atoms with E-state index in [1.54, 1.807) is 0 Å². The predicted octanol–water partition coefficient (Wildman–Crippen LogP) is 3.07. The van der Waals surface area contributed by atoms with Gasteiger partial charge in [0.15, 0.2) is 11.0 Å². The Hall–Kier alpha value is -1.13. The summed E-state index contributed by atoms with van der Waals surface area (Å²) in [4.78, 5) is 10.9. The van der Waals surface area contributed by atoms with Crippen LogP contribution in [0.25, 0.3) is 5.70 Å². The second kappa shape index (κ2) is 4.27. The van der Waals surface area contributed by atoms with E-state index in [1.165, 1.54) is 0 Å². The fourth-order valence-electron chi connectivity index (χ4n) is 1.84. The lowest BCUT2D eigenvalue weighted by molar-refractivity contribution is 0.582. The van der Waals surface area contributed by atoms with E-state index < -0.39 is 0 Å². The smallest absolute Gasteiger partial charge is 0.172 e. The van der Waals surface area contributed by atoms with Crippen LogP contribution >= 0.6 is 27.5 Å². The molecule has 0 N–H and O–H groups in total. The number of benzene rings is 1. The molecule has 0 aliphatic carbocycles. The number of nitrogens with zero attached hydrogens (tertiary/aromatic N) is 3. The summed E-state index contributed by atoms with van der Waals surface area (Å²) in [7, 11) is 0. The largest absolute Gasteiger partial charge is 0.314 e. The third-order valence-corrected chi connectivity index (χ3v) is 3.66. The monoisotopic (exact) mass is 309 g/mol. The molecule has 2 aliphatic rings. The molecule has 0 aromatic heterocycles. The van der Waals surface area contributed by atoms with Crippen molar-refractivity contribution in [2.75, 3.05) is 6.54 Å². The Balaban J connectivity index is 2.03. The van der Waals surface area contributed by atoms with Crippen LogP contribution in [0.4, 0.5) is 0 Å². The summed E-state index contributed by atoms with van der Waals surface area (Å²) < 4.78 is 0. The van der Waals surface area contributed by atoms with Gasteiger partial charge in [-0.25, -0.2) is 4.99 Å². The predicted molar refractivity (Wildman–Crippen MR) is 74.6 cm³/mol. The normalized spacial score (nSPS) is 22.8. The average molecular weight is 311 g/mol. The molecule has 0 radical (unpaired) electrons. The van der Waals surface area contributed by atoms with Crippen LogP contribution in [-0.4, -0.2) is 27.4 Å². The van der Waals surface area contributed by atoms with Crippen LogP contribution in [0.5, 0.6) is 0 Å². The molecule has 1 aromatic rings. The molecule has 0 spiro atoms. The maximum Gasteiger partial charge on any atom is 0.172 e. The molecule has 2 heterocycles. The van der Waals surface area contributed by atoms with Gasteiger partial charge in [0.2, 0.25) is 0 Å². The molecular formula is C12H9BrClN3. The quantitative estimate of drug-likeness (QED) is 0.579. The second-order valence-corrected chi connectivity index (χ2v) is 5.20. The summed E-state index contributed by atoms with van der Waals surface area (Å²) in [6.45, 7) is 0.694. The van der Waals surface area contributed by atoms with Crippen molar-refractivity contribution >= 4 is 44.2 Å². The molecule has 86 valence electrons. The highest BCUT2D eigenvalue weighted by atomic mass is 79.9. The molecule has 1 atom stereocenters. The van der Waals surface area contributed by atoms with Crippen molar-refractivity contribution in [3.8, 4) is 0 Å². The Bertz CT molecular complexity index is 536. The van der Waals surface area contributed by atoms with Crippen molar-refractivity contribution < 1.29 is 0 Å². The van der Waals surface area contributed by atoms with Crippen molar-refractivity contribution in [3.05, 3.63) is 42.1 Å². The summed E-state index contributed by atoms with van der Waals surface area (Å²) in [6.07, 6.45) is 1.98. The van der Waals surface area contributed by atoms with E-state index in [2.05, 4.69) is 25.9 Å². The lowest BCUT2D eigenvalue weighted by Gasteiger charge is -2.23. The van der Waals surface area contributed by atoms with E-state index in [9.17, 15) is 0 Å². The molecule has 0 bridgehead atoms. The SMILES string of the molecule is ClC1=NC(c2ccccc2)=CN2C1=NCC2Br. The number of alkyl halides is 1. The Morgan fingerprint density at radius 2 is 2.06 bits per heavy atom. The van der Waals surface area contributed by atoms with Gasteiger partial charge in [-0.1, -0.05) is 57.9 Å². The fraction of sp³-hybridized carbons (Fsp3) is 0.167. The Kier molecular flexibility index (Phi) is 2.76. The van der Waals surface area contributed by atoms with Gasteiger partial charge in [0, 0.05) is 11.8 Å². The van der Waals surface area contributed by atoms with E-state index >= 15 is 0 Å². The Morgan fingerprint density at radius 1 is 1.29 bits per heavy atom. The van der Waals surface area contributed by atoms with Crippen LogP contribution in [-0.2, 0) is 0 Å². The Morgan fingerprint density at radius 3 is 2.82 bits per heavy atom. The molecule has 3 nitrogen and oxygen atoms in total. The van der Waals surface area contributed by atoms with Crippen LogP contribution in [0.3, 0.4) is 0 Å². The summed E-state index contributed by atoms with van der Waals surface area (Å²) in [5.41, 5.74) is 1.91. The van der Waals surface area contributed by atoms with Crippen molar-refractivity contribution in [3.63, 3.8) is 0 Å². The standard InChI is InChI=1S/C12H9BrClN3/c13-10-6-15-12-11(14)16-9(7-17(10)12)8-4-2-1-3-5-8/h1-5,7,10H,6H2. The minimum absolute atomic E-state index is 0.167. The molecule has 1 unspecified atom stereocenters. The number of amidine groups is 1. The van der Waals surface area contributed by atoms with Gasteiger partial charge < -0.3 is 4.90 Å². The van der Waals surface area contributed by atoms with E-state index in [-0.39, 0.29) is 4.95 Å². The zero-order valence-corrected chi connectivity index (χ0v) is 11.2. The van der Waals surface area contributed by atoms with Gasteiger partial charge in [0.05, 0.1) is 12.2 Å². The van der Waals surface area contributed by atoms with Gasteiger partial charge >= 0.3 is 0 Å². The zero-order chi connectivity index (χ0) is 11.8. The van der Waals surface area contributed by atoms with Crippen molar-refractivity contribution in [2.45, 2.75) is 4.95 Å². The summed E-state index contributed by atoms with van der Waals surface area (Å²) in [5, 5.41) is 0.452. The van der Waals surface area contributed by atoms with Crippen LogP contribution in [0.1, 0.15) is 5.56 Å². The third kappa shape index (κ3) is 1.91. The van der Waals surface area contributed by atoms with Gasteiger partial charge in [0.1, 0.15) is 4.95 Å². The topological polar surface area (TPSA) is 28.0 Å². The zero-order valence-electron chi connectivity index (χ0n) is 8.85. The third-order valence-electron chi connectivity index (χ3n) is 2.67. The molecule has 0 amide bonds. The molecule has 17 heavy (non-hydrogen) atoms. The number of hydrogen-bond donors (Lipinski definition) is 0. The van der Waals surface area contributed by atoms with Crippen LogP contribution in [0.2, 0.25) is 0 Å². The minimum atomic E-state index is 0.167. The number of halogens is 2. The highest BCUT2D eigenvalue weighted by Crippen LogP contribution is 2.28. The second-order valence-electron chi connectivity index (χ2n) is 3.79. The van der Waals surface area contributed by atoms with Gasteiger partial charge in [-0.15, -0.1) is 0 Å². The minimum Gasteiger partial charge on any atom is -0.314 e. The van der Waals surface area contributed by atoms with Gasteiger partial charge in [-0.3, -0.25) is 4.99 Å². The molecule has 0 fully saturated rings. The molecule has 0 saturated heterocycles. The highest BCUT2D eigenvalue weighted by Gasteiger charge is 2.30. The number of fused-ring (bicyclic) bond motifs is 1. The Labute approximate surface area is 113 Å². The first-order valence-electron chi connectivity index (χ1n) is 5.24. The van der Waals surface area contributed by atoms with E-state index in [4.69, 9.17) is 11.6 Å². The van der Waals surface area contributed by atoms with Crippen LogP contribution < -0.4 is 0 Å². The number of aliphatic imine (C=N–C) groups is 2. The first-order chi connectivity index (χ1) is 8.25. The highest BCUT2D eigenvalue weighted by molar-refractivity contribution is 9.09. The lowest BCUT2D eigenvalue weighted by Crippen LogP contribution is -2.33.